The summed E-state index contributed by atoms with van der Waals surface area (Å²) in [6.07, 6.45) is 2.05. The summed E-state index contributed by atoms with van der Waals surface area (Å²) >= 11 is 7.67. The Bertz CT molecular complexity index is 130. The Morgan fingerprint density at radius 1 is 1.78 bits per heavy atom. The fourth-order valence-electron chi connectivity index (χ4n) is 0.329. The van der Waals surface area contributed by atoms with Gasteiger partial charge in [0, 0.05) is 0 Å². The van der Waals surface area contributed by atoms with Crippen molar-refractivity contribution in [3.63, 3.8) is 0 Å². The summed E-state index contributed by atoms with van der Waals surface area (Å²) in [4.78, 5) is 1.24. The molecule has 0 fully saturated rings. The van der Waals surface area contributed by atoms with Gasteiger partial charge in [-0.15, -0.1) is 10.8 Å². The van der Waals surface area contributed by atoms with Crippen molar-refractivity contribution in [2.45, 2.75) is 4.90 Å². The molecule has 0 aliphatic rings. The van der Waals surface area contributed by atoms with E-state index in [2.05, 4.69) is 31.3 Å². The van der Waals surface area contributed by atoms with Crippen LogP contribution in [0.1, 0.15) is 0 Å². The van der Waals surface area contributed by atoms with Crippen LogP contribution in [-0.4, -0.2) is 6.26 Å². The second-order valence-electron chi connectivity index (χ2n) is 1.08. The first-order chi connectivity index (χ1) is 4.43. The molecule has 4 heteroatoms. The number of thioether (sulfide) groups is 1. The zero-order chi connectivity index (χ0) is 7.11. The van der Waals surface area contributed by atoms with E-state index in [9.17, 15) is 0 Å². The summed E-state index contributed by atoms with van der Waals surface area (Å²) in [5.74, 6) is 0. The molecule has 0 amide bonds. The molecule has 0 bridgehead atoms. The van der Waals surface area contributed by atoms with Gasteiger partial charge in [-0.05, 0) is 6.26 Å². The van der Waals surface area contributed by atoms with Crippen molar-refractivity contribution in [1.29, 1.82) is 0 Å². The molecule has 0 atom stereocenters. The fraction of sp³-hybridized carbons (Fsp3) is 0.200. The third-order valence-electron chi connectivity index (χ3n) is 0.664. The van der Waals surface area contributed by atoms with E-state index < -0.39 is 0 Å². The monoisotopic (exact) mass is 272 g/mol. The van der Waals surface area contributed by atoms with E-state index in [1.807, 2.05) is 5.38 Å². The Labute approximate surface area is 80.5 Å². The van der Waals surface area contributed by atoms with Gasteiger partial charge in [-0.1, -0.05) is 0 Å². The summed E-state index contributed by atoms with van der Waals surface area (Å²) in [7, 11) is 0. The van der Waals surface area contributed by atoms with Gasteiger partial charge in [0.1, 0.15) is 0 Å². The Balaban J connectivity index is 0.000000291. The molecule has 0 aliphatic carbocycles. The summed E-state index contributed by atoms with van der Waals surface area (Å²) in [6, 6.07) is 3.07. The van der Waals surface area contributed by atoms with Gasteiger partial charge in [-0.25, -0.2) is 6.07 Å². The first-order valence-electron chi connectivity index (χ1n) is 2.18. The van der Waals surface area contributed by atoms with Gasteiger partial charge in [0.05, 0.1) is 0 Å². The minimum atomic E-state index is 1.19. The van der Waals surface area contributed by atoms with Crippen LogP contribution in [0.5, 0.6) is 0 Å². The van der Waals surface area contributed by atoms with Gasteiger partial charge >= 0.3 is 30.0 Å². The van der Waals surface area contributed by atoms with Crippen LogP contribution in [0.3, 0.4) is 0 Å². The van der Waals surface area contributed by atoms with E-state index >= 15 is 0 Å². The molecule has 9 heavy (non-hydrogen) atoms. The molecule has 46 valence electrons. The average Bonchev–Trinajstić information content (AvgIpc) is 2.43. The molecular formula is C5H5BrS2Zn. The Morgan fingerprint density at radius 2 is 2.44 bits per heavy atom. The molecule has 1 aromatic rings. The van der Waals surface area contributed by atoms with Gasteiger partial charge in [0.25, 0.3) is 0 Å². The first-order valence-corrected chi connectivity index (χ1v) is 11.3. The summed E-state index contributed by atoms with van der Waals surface area (Å²) in [5.41, 5.74) is 0. The number of thiophene rings is 1. The predicted molar refractivity (Wildman–Crippen MR) is 43.9 cm³/mol. The van der Waals surface area contributed by atoms with Gasteiger partial charge in [0.15, 0.2) is 0 Å². The van der Waals surface area contributed by atoms with Crippen LogP contribution in [0.25, 0.3) is 0 Å². The molecule has 0 unspecified atom stereocenters. The number of hydrogen-bond acceptors (Lipinski definition) is 2. The Morgan fingerprint density at radius 3 is 2.67 bits per heavy atom. The van der Waals surface area contributed by atoms with Crippen LogP contribution < -0.4 is 0 Å². The molecule has 0 radical (unpaired) electrons. The maximum absolute atomic E-state index is 3.07. The van der Waals surface area contributed by atoms with E-state index in [0.717, 1.165) is 0 Å². The van der Waals surface area contributed by atoms with Crippen LogP contribution in [0.2, 0.25) is 0 Å². The zero-order valence-corrected chi connectivity index (χ0v) is 11.2. The molecule has 0 saturated heterocycles. The number of rotatable bonds is 1. The van der Waals surface area contributed by atoms with Crippen molar-refractivity contribution in [1.82, 2.24) is 0 Å². The maximum atomic E-state index is 3.07. The molecule has 1 aromatic heterocycles. The second-order valence-corrected chi connectivity index (χ2v) is 2.68. The molecular weight excluding hydrogens is 269 g/mol. The normalized spacial score (nSPS) is 8.00. The van der Waals surface area contributed by atoms with E-state index in [1.165, 1.54) is 21.2 Å². The van der Waals surface area contributed by atoms with E-state index in [-0.39, 0.29) is 0 Å². The van der Waals surface area contributed by atoms with Crippen molar-refractivity contribution < 1.29 is 16.3 Å². The summed E-state index contributed by atoms with van der Waals surface area (Å²) in [6.45, 7) is 0. The first kappa shape index (κ1) is 10.2. The quantitative estimate of drug-likeness (QED) is 0.431. The van der Waals surface area contributed by atoms with Crippen molar-refractivity contribution in [3.8, 4) is 0 Å². The van der Waals surface area contributed by atoms with Crippen LogP contribution in [-0.2, 0) is 16.3 Å². The second kappa shape index (κ2) is 7.26. The van der Waals surface area contributed by atoms with Gasteiger partial charge in [0.2, 0.25) is 0 Å². The molecule has 1 heterocycles. The number of hydrogen-bond donors (Lipinski definition) is 0. The molecule has 0 spiro atoms. The van der Waals surface area contributed by atoms with E-state index in [0.29, 0.717) is 0 Å². The topological polar surface area (TPSA) is 0 Å². The molecule has 0 aliphatic heterocycles. The van der Waals surface area contributed by atoms with E-state index in [1.54, 1.807) is 23.1 Å². The third kappa shape index (κ3) is 4.54. The predicted octanol–water partition coefficient (Wildman–Crippen LogP) is 3.11. The van der Waals surface area contributed by atoms with Crippen molar-refractivity contribution in [3.05, 3.63) is 16.8 Å². The Hall–Kier alpha value is 1.15. The third-order valence-corrected chi connectivity index (χ3v) is 2.11. The SMILES string of the molecule is CSc1[c-]csc1.[Zn+][Br]. The Kier molecular flexibility index (Phi) is 8.19. The molecule has 0 aromatic carbocycles. The van der Waals surface area contributed by atoms with Gasteiger partial charge in [-0.3, -0.25) is 11.3 Å². The van der Waals surface area contributed by atoms with Crippen molar-refractivity contribution in [2.75, 3.05) is 6.26 Å². The minimum absolute atomic E-state index is 1.19. The van der Waals surface area contributed by atoms with Crippen LogP contribution in [0.15, 0.2) is 15.7 Å². The van der Waals surface area contributed by atoms with Gasteiger partial charge < -0.3 is 0 Å². The van der Waals surface area contributed by atoms with Crippen molar-refractivity contribution in [2.24, 2.45) is 0 Å². The summed E-state index contributed by atoms with van der Waals surface area (Å²) < 4.78 is 0. The average molecular weight is 275 g/mol. The molecule has 0 nitrogen and oxygen atoms in total. The van der Waals surface area contributed by atoms with Crippen molar-refractivity contribution >= 4 is 36.7 Å². The standard InChI is InChI=1S/C5H5S2.BrH.Zn/c1-6-5-2-3-7-4-5;;/h3-4H,1H3;1H;/q-1;;+2/p-1. The molecule has 1 rings (SSSR count). The van der Waals surface area contributed by atoms with Crippen LogP contribution in [0.4, 0.5) is 0 Å². The fourth-order valence-corrected chi connectivity index (χ4v) is 1.59. The van der Waals surface area contributed by atoms with E-state index in [4.69, 9.17) is 0 Å². The van der Waals surface area contributed by atoms with Crippen LogP contribution in [0, 0.1) is 6.07 Å². The number of halogens is 1. The summed E-state index contributed by atoms with van der Waals surface area (Å²) in [5, 5.41) is 4.05. The van der Waals surface area contributed by atoms with Crippen LogP contribution >= 0.6 is 36.7 Å². The van der Waals surface area contributed by atoms with Gasteiger partial charge in [-0.2, -0.15) is 16.7 Å². The molecule has 0 N–H and O–H groups in total. The zero-order valence-electron chi connectivity index (χ0n) is 5.06. The molecule has 0 saturated carbocycles.